The Hall–Kier alpha value is -2.04. The molecule has 1 unspecified atom stereocenters. The molecule has 0 spiro atoms. The summed E-state index contributed by atoms with van der Waals surface area (Å²) in [6, 6.07) is 12.6. The molecule has 0 saturated carbocycles. The fourth-order valence-corrected chi connectivity index (χ4v) is 3.42. The zero-order chi connectivity index (χ0) is 21.4. The van der Waals surface area contributed by atoms with Crippen LogP contribution >= 0.6 is 23.2 Å². The number of hydrogen-bond donors (Lipinski definition) is 1. The molecule has 0 aliphatic carbocycles. The van der Waals surface area contributed by atoms with E-state index in [1.165, 1.54) is 0 Å². The number of aryl methyl sites for hydroxylation is 1. The first-order chi connectivity index (χ1) is 13.8. The minimum Gasteiger partial charge on any atom is -0.354 e. The molecule has 2 aromatic rings. The van der Waals surface area contributed by atoms with Crippen LogP contribution < -0.4 is 5.32 Å². The predicted molar refractivity (Wildman–Crippen MR) is 119 cm³/mol. The Labute approximate surface area is 183 Å². The van der Waals surface area contributed by atoms with E-state index in [1.807, 2.05) is 51.1 Å². The molecule has 0 aromatic heterocycles. The number of nitrogens with one attached hydrogen (secondary N) is 1. The maximum absolute atomic E-state index is 13.2. The van der Waals surface area contributed by atoms with Crippen molar-refractivity contribution >= 4 is 35.0 Å². The molecule has 29 heavy (non-hydrogen) atoms. The number of halogens is 2. The van der Waals surface area contributed by atoms with Crippen LogP contribution in [0.15, 0.2) is 42.5 Å². The van der Waals surface area contributed by atoms with E-state index < -0.39 is 6.04 Å². The van der Waals surface area contributed by atoms with Gasteiger partial charge >= 0.3 is 0 Å². The average molecular weight is 435 g/mol. The van der Waals surface area contributed by atoms with Crippen LogP contribution in [0.5, 0.6) is 0 Å². The highest BCUT2D eigenvalue weighted by Gasteiger charge is 2.28. The van der Waals surface area contributed by atoms with Crippen molar-refractivity contribution in [2.45, 2.75) is 52.6 Å². The third kappa shape index (κ3) is 6.76. The molecule has 2 amide bonds. The van der Waals surface area contributed by atoms with Crippen LogP contribution in [0.3, 0.4) is 0 Å². The van der Waals surface area contributed by atoms with Gasteiger partial charge < -0.3 is 10.2 Å². The molecule has 1 atom stereocenters. The van der Waals surface area contributed by atoms with Crippen molar-refractivity contribution in [2.75, 3.05) is 6.54 Å². The van der Waals surface area contributed by atoms with Crippen molar-refractivity contribution in [3.63, 3.8) is 0 Å². The second kappa shape index (κ2) is 11.2. The molecule has 156 valence electrons. The minimum absolute atomic E-state index is 0.0987. The topological polar surface area (TPSA) is 49.4 Å². The van der Waals surface area contributed by atoms with E-state index in [9.17, 15) is 9.59 Å². The summed E-state index contributed by atoms with van der Waals surface area (Å²) in [6.07, 6.45) is 1.60. The van der Waals surface area contributed by atoms with E-state index in [4.69, 9.17) is 23.2 Å². The summed E-state index contributed by atoms with van der Waals surface area (Å²) >= 11 is 12.2. The van der Waals surface area contributed by atoms with Gasteiger partial charge in [0.25, 0.3) is 0 Å². The highest BCUT2D eigenvalue weighted by molar-refractivity contribution is 6.42. The number of benzene rings is 2. The SMILES string of the molecule is CCCNC(=O)C(CC)N(Cc1ccc(Cl)c(Cl)c1)C(=O)Cc1ccc(C)cc1. The molecular weight excluding hydrogens is 407 g/mol. The maximum atomic E-state index is 13.2. The summed E-state index contributed by atoms with van der Waals surface area (Å²) in [4.78, 5) is 27.6. The molecule has 6 heteroatoms. The van der Waals surface area contributed by atoms with Crippen LogP contribution in [0.4, 0.5) is 0 Å². The molecule has 0 aliphatic heterocycles. The molecule has 2 aromatic carbocycles. The van der Waals surface area contributed by atoms with E-state index in [1.54, 1.807) is 17.0 Å². The maximum Gasteiger partial charge on any atom is 0.242 e. The summed E-state index contributed by atoms with van der Waals surface area (Å²) in [7, 11) is 0. The standard InChI is InChI=1S/C23H28Cl2N2O2/c1-4-12-26-23(29)21(5-2)27(15-18-10-11-19(24)20(25)13-18)22(28)14-17-8-6-16(3)7-9-17/h6-11,13,21H,4-5,12,14-15H2,1-3H3,(H,26,29). The zero-order valence-electron chi connectivity index (χ0n) is 17.2. The van der Waals surface area contributed by atoms with Gasteiger partial charge in [-0.25, -0.2) is 0 Å². The quantitative estimate of drug-likeness (QED) is 0.590. The highest BCUT2D eigenvalue weighted by Crippen LogP contribution is 2.24. The molecule has 0 radical (unpaired) electrons. The van der Waals surface area contributed by atoms with Crippen molar-refractivity contribution in [3.8, 4) is 0 Å². The minimum atomic E-state index is -0.547. The van der Waals surface area contributed by atoms with Crippen molar-refractivity contribution in [3.05, 3.63) is 69.2 Å². The fourth-order valence-electron chi connectivity index (χ4n) is 3.10. The van der Waals surface area contributed by atoms with Gasteiger partial charge in [0.1, 0.15) is 6.04 Å². The van der Waals surface area contributed by atoms with Crippen LogP contribution in [0.25, 0.3) is 0 Å². The monoisotopic (exact) mass is 434 g/mol. The average Bonchev–Trinajstić information content (AvgIpc) is 2.70. The Balaban J connectivity index is 2.28. The first-order valence-corrected chi connectivity index (χ1v) is 10.7. The summed E-state index contributed by atoms with van der Waals surface area (Å²) in [5.74, 6) is -0.231. The Morgan fingerprint density at radius 1 is 1.00 bits per heavy atom. The van der Waals surface area contributed by atoms with Gasteiger partial charge in [-0.05, 0) is 43.0 Å². The number of carbonyl (C=O) groups excluding carboxylic acids is 2. The third-order valence-corrected chi connectivity index (χ3v) is 5.49. The molecule has 4 nitrogen and oxygen atoms in total. The number of nitrogens with zero attached hydrogens (tertiary/aromatic N) is 1. The van der Waals surface area contributed by atoms with Crippen LogP contribution in [0, 0.1) is 6.92 Å². The van der Waals surface area contributed by atoms with Crippen LogP contribution in [0.2, 0.25) is 10.0 Å². The molecular formula is C23H28Cl2N2O2. The summed E-state index contributed by atoms with van der Waals surface area (Å²) in [5.41, 5.74) is 2.89. The number of hydrogen-bond acceptors (Lipinski definition) is 2. The Morgan fingerprint density at radius 2 is 1.66 bits per heavy atom. The van der Waals surface area contributed by atoms with Gasteiger partial charge in [0.15, 0.2) is 0 Å². The largest absolute Gasteiger partial charge is 0.354 e. The lowest BCUT2D eigenvalue weighted by molar-refractivity contribution is -0.140. The van der Waals surface area contributed by atoms with Crippen molar-refractivity contribution in [1.82, 2.24) is 10.2 Å². The van der Waals surface area contributed by atoms with Crippen molar-refractivity contribution in [2.24, 2.45) is 0 Å². The molecule has 0 saturated heterocycles. The van der Waals surface area contributed by atoms with Gasteiger partial charge in [-0.1, -0.05) is 72.9 Å². The lowest BCUT2D eigenvalue weighted by Crippen LogP contribution is -2.49. The first-order valence-electron chi connectivity index (χ1n) is 9.92. The number of amides is 2. The van der Waals surface area contributed by atoms with E-state index in [2.05, 4.69) is 5.32 Å². The van der Waals surface area contributed by atoms with Gasteiger partial charge in [-0.15, -0.1) is 0 Å². The molecule has 0 bridgehead atoms. The molecule has 0 heterocycles. The van der Waals surface area contributed by atoms with Gasteiger partial charge in [0.2, 0.25) is 11.8 Å². The second-order valence-electron chi connectivity index (χ2n) is 7.15. The van der Waals surface area contributed by atoms with Gasteiger partial charge in [0, 0.05) is 13.1 Å². The highest BCUT2D eigenvalue weighted by atomic mass is 35.5. The lowest BCUT2D eigenvalue weighted by atomic mass is 10.1. The van der Waals surface area contributed by atoms with E-state index in [0.29, 0.717) is 29.6 Å². The number of carbonyl (C=O) groups is 2. The van der Waals surface area contributed by atoms with Gasteiger partial charge in [-0.2, -0.15) is 0 Å². The van der Waals surface area contributed by atoms with E-state index in [-0.39, 0.29) is 18.2 Å². The predicted octanol–water partition coefficient (Wildman–Crippen LogP) is 5.18. The van der Waals surface area contributed by atoms with E-state index >= 15 is 0 Å². The first kappa shape index (κ1) is 23.2. The molecule has 0 fully saturated rings. The van der Waals surface area contributed by atoms with Gasteiger partial charge in [0.05, 0.1) is 16.5 Å². The second-order valence-corrected chi connectivity index (χ2v) is 7.96. The smallest absolute Gasteiger partial charge is 0.242 e. The van der Waals surface area contributed by atoms with Crippen molar-refractivity contribution in [1.29, 1.82) is 0 Å². The molecule has 2 rings (SSSR count). The summed E-state index contributed by atoms with van der Waals surface area (Å²) in [6.45, 7) is 6.80. The summed E-state index contributed by atoms with van der Waals surface area (Å²) in [5, 5.41) is 3.80. The Morgan fingerprint density at radius 3 is 2.24 bits per heavy atom. The number of rotatable bonds is 9. The fraction of sp³-hybridized carbons (Fsp3) is 0.391. The van der Waals surface area contributed by atoms with Crippen LogP contribution in [-0.2, 0) is 22.6 Å². The normalized spacial score (nSPS) is 11.8. The van der Waals surface area contributed by atoms with E-state index in [0.717, 1.165) is 23.1 Å². The third-order valence-electron chi connectivity index (χ3n) is 4.75. The summed E-state index contributed by atoms with van der Waals surface area (Å²) < 4.78 is 0. The zero-order valence-corrected chi connectivity index (χ0v) is 18.7. The Bertz CT molecular complexity index is 837. The Kier molecular flexibility index (Phi) is 8.99. The molecule has 0 aliphatic rings. The molecule has 1 N–H and O–H groups in total. The van der Waals surface area contributed by atoms with Crippen LogP contribution in [0.1, 0.15) is 43.4 Å². The lowest BCUT2D eigenvalue weighted by Gasteiger charge is -2.31. The van der Waals surface area contributed by atoms with Crippen molar-refractivity contribution < 1.29 is 9.59 Å². The van der Waals surface area contributed by atoms with Crippen LogP contribution in [-0.4, -0.2) is 29.3 Å². The van der Waals surface area contributed by atoms with Gasteiger partial charge in [-0.3, -0.25) is 9.59 Å².